The molecule has 1 fully saturated rings. The number of benzene rings is 1. The van der Waals surface area contributed by atoms with E-state index in [4.69, 9.17) is 9.84 Å². The largest absolute Gasteiger partial charge is 0.478 e. The second-order valence-electron chi connectivity index (χ2n) is 4.81. The molecule has 6 heteroatoms. The first kappa shape index (κ1) is 15.2. The first-order valence-corrected chi connectivity index (χ1v) is 6.65. The van der Waals surface area contributed by atoms with E-state index < -0.39 is 11.8 Å². The lowest BCUT2D eigenvalue weighted by Crippen LogP contribution is -2.30. The number of nitrogens with one attached hydrogen (secondary N) is 1. The molecule has 1 saturated heterocycles. The molecular weight excluding hydrogens is 277 g/mol. The molecule has 1 aliphatic heterocycles. The van der Waals surface area contributed by atoms with Crippen LogP contribution in [0.5, 0.6) is 0 Å². The number of aliphatic carboxylic acids is 1. The monoisotopic (exact) mass is 293 g/mol. The van der Waals surface area contributed by atoms with Crippen LogP contribution in [0.2, 0.25) is 0 Å². The van der Waals surface area contributed by atoms with E-state index in [1.807, 2.05) is 0 Å². The number of hydrogen-bond acceptors (Lipinski definition) is 3. The Kier molecular flexibility index (Phi) is 5.05. The van der Waals surface area contributed by atoms with Crippen molar-refractivity contribution in [1.29, 1.82) is 0 Å². The van der Waals surface area contributed by atoms with Crippen LogP contribution in [0.1, 0.15) is 18.4 Å². The van der Waals surface area contributed by atoms with E-state index in [0.29, 0.717) is 18.9 Å². The highest BCUT2D eigenvalue weighted by Crippen LogP contribution is 2.19. The number of rotatable bonds is 4. The molecule has 0 aromatic heterocycles. The Hall–Kier alpha value is -2.21. The van der Waals surface area contributed by atoms with Crippen LogP contribution < -0.4 is 5.32 Å². The number of ether oxygens (including phenoxy) is 1. The average Bonchev–Trinajstić information content (AvgIpc) is 2.47. The fraction of sp³-hybridized carbons (Fsp3) is 0.333. The smallest absolute Gasteiger partial charge is 0.328 e. The molecule has 1 amide bonds. The number of halogens is 1. The minimum Gasteiger partial charge on any atom is -0.478 e. The van der Waals surface area contributed by atoms with E-state index in [0.717, 1.165) is 25.0 Å². The Morgan fingerprint density at radius 1 is 1.43 bits per heavy atom. The van der Waals surface area contributed by atoms with Crippen LogP contribution in [0.25, 0.3) is 6.08 Å². The quantitative estimate of drug-likeness (QED) is 0.835. The minimum atomic E-state index is -1.15. The summed E-state index contributed by atoms with van der Waals surface area (Å²) in [4.78, 5) is 22.4. The van der Waals surface area contributed by atoms with Gasteiger partial charge in [0.05, 0.1) is 12.5 Å². The number of carbonyl (C=O) groups excluding carboxylic acids is 1. The van der Waals surface area contributed by atoms with Gasteiger partial charge in [-0.25, -0.2) is 9.18 Å². The predicted octanol–water partition coefficient (Wildman–Crippen LogP) is 2.29. The summed E-state index contributed by atoms with van der Waals surface area (Å²) in [6.07, 6.45) is 3.62. The van der Waals surface area contributed by atoms with E-state index in [1.54, 1.807) is 0 Å². The van der Waals surface area contributed by atoms with Gasteiger partial charge in [-0.1, -0.05) is 0 Å². The lowest BCUT2D eigenvalue weighted by Gasteiger charge is -2.21. The highest BCUT2D eigenvalue weighted by molar-refractivity contribution is 5.93. The SMILES string of the molecule is O=C(O)C=Cc1ccc(NC(=O)C2CCCOC2)cc1F. The molecule has 0 spiro atoms. The van der Waals surface area contributed by atoms with Crippen LogP contribution in [0.15, 0.2) is 24.3 Å². The summed E-state index contributed by atoms with van der Waals surface area (Å²) in [6.45, 7) is 1.05. The Bertz CT molecular complexity index is 565. The molecule has 1 aromatic rings. The van der Waals surface area contributed by atoms with Crippen molar-refractivity contribution in [2.75, 3.05) is 18.5 Å². The molecule has 1 atom stereocenters. The van der Waals surface area contributed by atoms with Crippen LogP contribution in [0, 0.1) is 11.7 Å². The zero-order chi connectivity index (χ0) is 15.2. The second-order valence-corrected chi connectivity index (χ2v) is 4.81. The lowest BCUT2D eigenvalue weighted by atomic mass is 10.0. The third-order valence-corrected chi connectivity index (χ3v) is 3.20. The molecule has 21 heavy (non-hydrogen) atoms. The van der Waals surface area contributed by atoms with Crippen molar-refractivity contribution in [1.82, 2.24) is 0 Å². The maximum Gasteiger partial charge on any atom is 0.328 e. The van der Waals surface area contributed by atoms with E-state index in [1.165, 1.54) is 18.2 Å². The molecule has 1 aliphatic rings. The topological polar surface area (TPSA) is 75.6 Å². The molecule has 1 unspecified atom stereocenters. The van der Waals surface area contributed by atoms with Crippen LogP contribution in [-0.2, 0) is 14.3 Å². The summed E-state index contributed by atoms with van der Waals surface area (Å²) >= 11 is 0. The first-order valence-electron chi connectivity index (χ1n) is 6.65. The van der Waals surface area contributed by atoms with Gasteiger partial charge in [-0.15, -0.1) is 0 Å². The number of carbonyl (C=O) groups is 2. The van der Waals surface area contributed by atoms with Crippen molar-refractivity contribution in [2.24, 2.45) is 5.92 Å². The van der Waals surface area contributed by atoms with Gasteiger partial charge in [0.2, 0.25) is 5.91 Å². The highest BCUT2D eigenvalue weighted by atomic mass is 19.1. The van der Waals surface area contributed by atoms with Crippen molar-refractivity contribution in [3.63, 3.8) is 0 Å². The number of carboxylic acids is 1. The summed E-state index contributed by atoms with van der Waals surface area (Å²) in [5.74, 6) is -2.15. The fourth-order valence-electron chi connectivity index (χ4n) is 2.09. The van der Waals surface area contributed by atoms with Gasteiger partial charge >= 0.3 is 5.97 Å². The Balaban J connectivity index is 2.02. The van der Waals surface area contributed by atoms with Crippen molar-refractivity contribution < 1.29 is 23.8 Å². The lowest BCUT2D eigenvalue weighted by molar-refractivity contribution is -0.131. The molecule has 1 heterocycles. The van der Waals surface area contributed by atoms with Gasteiger partial charge in [0.15, 0.2) is 0 Å². The van der Waals surface area contributed by atoms with Gasteiger partial charge in [-0.3, -0.25) is 4.79 Å². The van der Waals surface area contributed by atoms with Crippen molar-refractivity contribution in [3.05, 3.63) is 35.7 Å². The molecule has 0 aliphatic carbocycles. The summed E-state index contributed by atoms with van der Waals surface area (Å²) < 4.78 is 19.0. The van der Waals surface area contributed by atoms with Gasteiger partial charge in [-0.05, 0) is 37.1 Å². The van der Waals surface area contributed by atoms with Gasteiger partial charge in [0.25, 0.3) is 0 Å². The molecule has 0 saturated carbocycles. The van der Waals surface area contributed by atoms with E-state index in [-0.39, 0.29) is 17.4 Å². The van der Waals surface area contributed by atoms with E-state index >= 15 is 0 Å². The number of hydrogen-bond donors (Lipinski definition) is 2. The van der Waals surface area contributed by atoms with Crippen LogP contribution in [0.4, 0.5) is 10.1 Å². The van der Waals surface area contributed by atoms with Crippen molar-refractivity contribution >= 4 is 23.6 Å². The molecule has 2 rings (SSSR count). The molecule has 2 N–H and O–H groups in total. The normalized spacial score (nSPS) is 18.6. The Morgan fingerprint density at radius 2 is 2.24 bits per heavy atom. The summed E-state index contributed by atoms with van der Waals surface area (Å²) in [7, 11) is 0. The van der Waals surface area contributed by atoms with Gasteiger partial charge < -0.3 is 15.2 Å². The zero-order valence-corrected chi connectivity index (χ0v) is 11.3. The average molecular weight is 293 g/mol. The number of carboxylic acid groups (broad SMARTS) is 1. The molecule has 0 bridgehead atoms. The molecular formula is C15H16FNO4. The Labute approximate surface area is 121 Å². The third-order valence-electron chi connectivity index (χ3n) is 3.20. The maximum atomic E-state index is 13.8. The van der Waals surface area contributed by atoms with Crippen molar-refractivity contribution in [3.8, 4) is 0 Å². The third kappa shape index (κ3) is 4.39. The number of anilines is 1. The van der Waals surface area contributed by atoms with Gasteiger partial charge in [0, 0.05) is 23.9 Å². The fourth-order valence-corrected chi connectivity index (χ4v) is 2.09. The standard InChI is InChI=1S/C15H16FNO4/c16-13-8-12(5-3-10(13)4-6-14(18)19)17-15(20)11-2-1-7-21-9-11/h3-6,8,11H,1-2,7,9H2,(H,17,20)(H,18,19). The van der Waals surface area contributed by atoms with Crippen LogP contribution in [0.3, 0.4) is 0 Å². The molecule has 1 aromatic carbocycles. The van der Waals surface area contributed by atoms with Crippen LogP contribution in [-0.4, -0.2) is 30.2 Å². The summed E-state index contributed by atoms with van der Waals surface area (Å²) in [6, 6.07) is 4.12. The van der Waals surface area contributed by atoms with Crippen molar-refractivity contribution in [2.45, 2.75) is 12.8 Å². The predicted molar refractivity (Wildman–Crippen MR) is 75.2 cm³/mol. The molecule has 112 valence electrons. The first-order chi connectivity index (χ1) is 10.1. The number of amides is 1. The molecule has 0 radical (unpaired) electrons. The minimum absolute atomic E-state index is 0.149. The zero-order valence-electron chi connectivity index (χ0n) is 11.3. The Morgan fingerprint density at radius 3 is 2.86 bits per heavy atom. The summed E-state index contributed by atoms with van der Waals surface area (Å²) in [5.41, 5.74) is 0.493. The molecule has 5 nitrogen and oxygen atoms in total. The van der Waals surface area contributed by atoms with E-state index in [2.05, 4.69) is 5.32 Å². The van der Waals surface area contributed by atoms with E-state index in [9.17, 15) is 14.0 Å². The summed E-state index contributed by atoms with van der Waals surface area (Å²) in [5, 5.41) is 11.2. The maximum absolute atomic E-state index is 13.8. The second kappa shape index (κ2) is 6.99. The van der Waals surface area contributed by atoms with Gasteiger partial charge in [0.1, 0.15) is 5.82 Å². The van der Waals surface area contributed by atoms with Gasteiger partial charge in [-0.2, -0.15) is 0 Å². The van der Waals surface area contributed by atoms with Crippen LogP contribution >= 0.6 is 0 Å². The highest BCUT2D eigenvalue weighted by Gasteiger charge is 2.21.